The van der Waals surface area contributed by atoms with Crippen molar-refractivity contribution in [1.82, 2.24) is 4.57 Å². The number of halogens is 1. The molecule has 0 saturated carbocycles. The van der Waals surface area contributed by atoms with Gasteiger partial charge in [-0.25, -0.2) is 0 Å². The molecule has 1 atom stereocenters. The summed E-state index contributed by atoms with van der Waals surface area (Å²) in [5.41, 5.74) is 4.42. The van der Waals surface area contributed by atoms with E-state index < -0.39 is 5.97 Å². The molecular formula is C23H24ClNO4. The molecule has 152 valence electrons. The molecule has 0 saturated heterocycles. The minimum absolute atomic E-state index is 0.137. The first-order chi connectivity index (χ1) is 14.0. The summed E-state index contributed by atoms with van der Waals surface area (Å²) in [5, 5.41) is 9.64. The maximum absolute atomic E-state index is 13.5. The molecule has 1 aromatic carbocycles. The fourth-order valence-corrected chi connectivity index (χ4v) is 4.72. The van der Waals surface area contributed by atoms with E-state index in [9.17, 15) is 14.7 Å². The summed E-state index contributed by atoms with van der Waals surface area (Å²) in [4.78, 5) is 24.7. The molecular weight excluding hydrogens is 390 g/mol. The summed E-state index contributed by atoms with van der Waals surface area (Å²) in [7, 11) is 1.53. The zero-order chi connectivity index (χ0) is 20.5. The summed E-state index contributed by atoms with van der Waals surface area (Å²) >= 11 is 6.36. The zero-order valence-electron chi connectivity index (χ0n) is 16.4. The van der Waals surface area contributed by atoms with Crippen molar-refractivity contribution < 1.29 is 19.4 Å². The number of methoxy groups -OCH3 is 1. The van der Waals surface area contributed by atoms with E-state index in [2.05, 4.69) is 4.57 Å². The Labute approximate surface area is 174 Å². The number of carbonyl (C=O) groups excluding carboxylic acids is 1. The molecule has 0 bridgehead atoms. The van der Waals surface area contributed by atoms with Crippen LogP contribution in [0.3, 0.4) is 0 Å². The summed E-state index contributed by atoms with van der Waals surface area (Å²) in [6.07, 6.45) is 6.97. The van der Waals surface area contributed by atoms with Crippen LogP contribution >= 0.6 is 11.6 Å². The molecule has 2 heterocycles. The maximum Gasteiger partial charge on any atom is 0.306 e. The van der Waals surface area contributed by atoms with Crippen LogP contribution in [0, 0.1) is 5.92 Å². The SMILES string of the molecule is COc1cccc(Cl)c1C(=O)c1cc(C2=CCC(C(=O)O)CC2)c2n1CCCC2. The summed E-state index contributed by atoms with van der Waals surface area (Å²) in [6, 6.07) is 7.19. The number of ketones is 1. The molecule has 4 rings (SSSR count). The molecule has 0 spiro atoms. The van der Waals surface area contributed by atoms with Crippen LogP contribution in [-0.4, -0.2) is 28.5 Å². The van der Waals surface area contributed by atoms with E-state index in [-0.39, 0.29) is 11.7 Å². The van der Waals surface area contributed by atoms with E-state index in [1.807, 2.05) is 12.1 Å². The van der Waals surface area contributed by atoms with Gasteiger partial charge < -0.3 is 14.4 Å². The second-order valence-electron chi connectivity index (χ2n) is 7.68. The molecule has 0 fully saturated rings. The minimum Gasteiger partial charge on any atom is -0.496 e. The quantitative estimate of drug-likeness (QED) is 0.701. The number of nitrogens with zero attached hydrogens (tertiary/aromatic N) is 1. The number of aliphatic carboxylic acids is 1. The van der Waals surface area contributed by atoms with E-state index >= 15 is 0 Å². The fourth-order valence-electron chi connectivity index (χ4n) is 4.47. The van der Waals surface area contributed by atoms with Crippen LogP contribution in [0.2, 0.25) is 5.02 Å². The molecule has 1 unspecified atom stereocenters. The summed E-state index contributed by atoms with van der Waals surface area (Å²) < 4.78 is 7.51. The van der Waals surface area contributed by atoms with Crippen molar-refractivity contribution in [3.63, 3.8) is 0 Å². The highest BCUT2D eigenvalue weighted by atomic mass is 35.5. The van der Waals surface area contributed by atoms with Gasteiger partial charge in [-0.2, -0.15) is 0 Å². The highest BCUT2D eigenvalue weighted by molar-refractivity contribution is 6.35. The van der Waals surface area contributed by atoms with Crippen molar-refractivity contribution >= 4 is 28.9 Å². The molecule has 1 N–H and O–H groups in total. The lowest BCUT2D eigenvalue weighted by molar-refractivity contribution is -0.141. The van der Waals surface area contributed by atoms with Crippen LogP contribution in [0.5, 0.6) is 5.75 Å². The first-order valence-electron chi connectivity index (χ1n) is 10.0. The Bertz CT molecular complexity index is 1000. The van der Waals surface area contributed by atoms with Crippen LogP contribution in [0.4, 0.5) is 0 Å². The minimum atomic E-state index is -0.735. The third kappa shape index (κ3) is 3.60. The second-order valence-corrected chi connectivity index (χ2v) is 8.09. The molecule has 0 amide bonds. The molecule has 1 aromatic heterocycles. The lowest BCUT2D eigenvalue weighted by Gasteiger charge is -2.22. The molecule has 2 aliphatic rings. The van der Waals surface area contributed by atoms with E-state index in [1.54, 1.807) is 18.2 Å². The van der Waals surface area contributed by atoms with E-state index in [4.69, 9.17) is 16.3 Å². The van der Waals surface area contributed by atoms with Gasteiger partial charge in [0.2, 0.25) is 5.78 Å². The van der Waals surface area contributed by atoms with Crippen molar-refractivity contribution in [1.29, 1.82) is 0 Å². The Kier molecular flexibility index (Phi) is 5.50. The summed E-state index contributed by atoms with van der Waals surface area (Å²) in [5.74, 6) is -0.718. The number of carboxylic acid groups (broad SMARTS) is 1. The lowest BCUT2D eigenvalue weighted by Crippen LogP contribution is -2.18. The average Bonchev–Trinajstić information content (AvgIpc) is 3.13. The highest BCUT2D eigenvalue weighted by Crippen LogP contribution is 2.37. The van der Waals surface area contributed by atoms with Crippen molar-refractivity contribution in [3.05, 3.63) is 57.9 Å². The zero-order valence-corrected chi connectivity index (χ0v) is 17.2. The van der Waals surface area contributed by atoms with Crippen LogP contribution in [0.15, 0.2) is 30.3 Å². The number of ether oxygens (including phenoxy) is 1. The van der Waals surface area contributed by atoms with Gasteiger partial charge in [-0.1, -0.05) is 23.7 Å². The predicted molar refractivity (Wildman–Crippen MR) is 112 cm³/mol. The molecule has 6 heteroatoms. The van der Waals surface area contributed by atoms with E-state index in [1.165, 1.54) is 12.8 Å². The number of hydrogen-bond donors (Lipinski definition) is 1. The normalized spacial score (nSPS) is 18.7. The van der Waals surface area contributed by atoms with Gasteiger partial charge >= 0.3 is 5.97 Å². The van der Waals surface area contributed by atoms with Crippen LogP contribution in [0.1, 0.15) is 59.4 Å². The highest BCUT2D eigenvalue weighted by Gasteiger charge is 2.29. The van der Waals surface area contributed by atoms with Gasteiger partial charge in [0.05, 0.1) is 29.3 Å². The fraction of sp³-hybridized carbons (Fsp3) is 0.391. The number of rotatable bonds is 5. The first kappa shape index (κ1) is 19.8. The largest absolute Gasteiger partial charge is 0.496 e. The number of hydrogen-bond acceptors (Lipinski definition) is 3. The van der Waals surface area contributed by atoms with Gasteiger partial charge in [0.1, 0.15) is 5.75 Å². The van der Waals surface area contributed by atoms with Crippen molar-refractivity contribution in [3.8, 4) is 5.75 Å². The maximum atomic E-state index is 13.5. The van der Waals surface area contributed by atoms with Crippen molar-refractivity contribution in [2.45, 2.75) is 45.1 Å². The first-order valence-corrected chi connectivity index (χ1v) is 10.4. The Hall–Kier alpha value is -2.53. The molecule has 2 aromatic rings. The number of fused-ring (bicyclic) bond motifs is 1. The molecule has 5 nitrogen and oxygen atoms in total. The standard InChI is InChI=1S/C23H24ClNO4/c1-29-20-7-4-5-17(24)21(20)22(26)19-13-16(18-6-2-3-12-25(18)19)14-8-10-15(11-9-14)23(27)28/h4-5,7-8,13,15H,2-3,6,9-12H2,1H3,(H,27,28). The van der Waals surface area contributed by atoms with Crippen molar-refractivity contribution in [2.24, 2.45) is 5.92 Å². The second kappa shape index (κ2) is 8.07. The van der Waals surface area contributed by atoms with E-state index in [0.29, 0.717) is 34.9 Å². The average molecular weight is 414 g/mol. The van der Waals surface area contributed by atoms with Gasteiger partial charge in [0.15, 0.2) is 0 Å². The lowest BCUT2D eigenvalue weighted by atomic mass is 9.86. The monoisotopic (exact) mass is 413 g/mol. The third-order valence-electron chi connectivity index (χ3n) is 6.01. The van der Waals surface area contributed by atoms with E-state index in [0.717, 1.165) is 43.4 Å². The molecule has 1 aliphatic heterocycles. The van der Waals surface area contributed by atoms with Crippen LogP contribution in [-0.2, 0) is 17.8 Å². The smallest absolute Gasteiger partial charge is 0.306 e. The van der Waals surface area contributed by atoms with Crippen LogP contribution in [0.25, 0.3) is 5.57 Å². The van der Waals surface area contributed by atoms with Crippen LogP contribution < -0.4 is 4.74 Å². The van der Waals surface area contributed by atoms with Crippen molar-refractivity contribution in [2.75, 3.05) is 7.11 Å². The number of carbonyl (C=O) groups is 2. The van der Waals surface area contributed by atoms with Gasteiger partial charge in [-0.3, -0.25) is 9.59 Å². The topological polar surface area (TPSA) is 68.5 Å². The predicted octanol–water partition coefficient (Wildman–Crippen LogP) is 4.99. The number of allylic oxidation sites excluding steroid dienone is 2. The Morgan fingerprint density at radius 3 is 2.76 bits per heavy atom. The van der Waals surface area contributed by atoms with Gasteiger partial charge in [-0.15, -0.1) is 0 Å². The number of aromatic nitrogens is 1. The molecule has 0 radical (unpaired) electrons. The number of benzene rings is 1. The van der Waals surface area contributed by atoms with Gasteiger partial charge in [0.25, 0.3) is 0 Å². The Morgan fingerprint density at radius 1 is 1.24 bits per heavy atom. The molecule has 29 heavy (non-hydrogen) atoms. The molecule has 1 aliphatic carbocycles. The van der Waals surface area contributed by atoms with Gasteiger partial charge in [-0.05, 0) is 67.9 Å². The number of carboxylic acids is 1. The Balaban J connectivity index is 1.77. The summed E-state index contributed by atoms with van der Waals surface area (Å²) in [6.45, 7) is 0.800. The Morgan fingerprint density at radius 2 is 2.07 bits per heavy atom. The van der Waals surface area contributed by atoms with Gasteiger partial charge in [0, 0.05) is 12.2 Å². The third-order valence-corrected chi connectivity index (χ3v) is 6.33.